The van der Waals surface area contributed by atoms with Crippen LogP contribution in [0.25, 0.3) is 0 Å². The van der Waals surface area contributed by atoms with Crippen molar-refractivity contribution in [3.63, 3.8) is 0 Å². The van der Waals surface area contributed by atoms with Crippen LogP contribution in [0.5, 0.6) is 0 Å². The van der Waals surface area contributed by atoms with E-state index in [4.69, 9.17) is 5.11 Å². The Hall–Kier alpha value is -1.13. The summed E-state index contributed by atoms with van der Waals surface area (Å²) in [5, 5.41) is 12.6. The van der Waals surface area contributed by atoms with Crippen LogP contribution >= 0.6 is 0 Å². The van der Waals surface area contributed by atoms with Gasteiger partial charge in [0.05, 0.1) is 5.69 Å². The van der Waals surface area contributed by atoms with Crippen LogP contribution in [-0.4, -0.2) is 36.9 Å². The van der Waals surface area contributed by atoms with E-state index in [0.717, 1.165) is 19.5 Å². The van der Waals surface area contributed by atoms with Crippen molar-refractivity contribution < 1.29 is 9.50 Å². The van der Waals surface area contributed by atoms with Gasteiger partial charge < -0.3 is 15.3 Å². The van der Waals surface area contributed by atoms with Gasteiger partial charge in [0.1, 0.15) is 5.82 Å². The number of aliphatic hydroxyl groups is 1. The molecule has 1 saturated heterocycles. The topological polar surface area (TPSA) is 35.5 Å². The molecular formula is C14H21FN2O. The fourth-order valence-electron chi connectivity index (χ4n) is 2.47. The van der Waals surface area contributed by atoms with Crippen molar-refractivity contribution in [3.05, 3.63) is 30.1 Å². The van der Waals surface area contributed by atoms with E-state index in [2.05, 4.69) is 17.1 Å². The highest BCUT2D eigenvalue weighted by Crippen LogP contribution is 2.24. The number of anilines is 1. The molecule has 1 fully saturated rings. The molecule has 100 valence electrons. The highest BCUT2D eigenvalue weighted by Gasteiger charge is 2.24. The van der Waals surface area contributed by atoms with Crippen LogP contribution in [0.1, 0.15) is 19.8 Å². The number of hydrogen-bond acceptors (Lipinski definition) is 3. The Balaban J connectivity index is 2.23. The Morgan fingerprint density at radius 2 is 2.22 bits per heavy atom. The molecule has 18 heavy (non-hydrogen) atoms. The molecule has 2 rings (SSSR count). The van der Waals surface area contributed by atoms with E-state index in [1.165, 1.54) is 6.07 Å². The molecule has 3 nitrogen and oxygen atoms in total. The number of aliphatic hydroxyl groups excluding tert-OH is 1. The normalized spacial score (nSPS) is 24.9. The Labute approximate surface area is 108 Å². The maximum absolute atomic E-state index is 13.9. The SMILES string of the molecule is CC1CCN(c2ccccc2F)C(CCO)CN1. The second-order valence-electron chi connectivity index (χ2n) is 4.91. The molecule has 2 atom stereocenters. The third kappa shape index (κ3) is 3.00. The number of hydrogen-bond donors (Lipinski definition) is 2. The lowest BCUT2D eigenvalue weighted by Gasteiger charge is -2.31. The molecule has 1 aromatic rings. The quantitative estimate of drug-likeness (QED) is 0.860. The molecule has 2 N–H and O–H groups in total. The van der Waals surface area contributed by atoms with Crippen LogP contribution in [0.2, 0.25) is 0 Å². The van der Waals surface area contributed by atoms with Crippen molar-refractivity contribution in [1.29, 1.82) is 0 Å². The van der Waals surface area contributed by atoms with Crippen LogP contribution in [0.15, 0.2) is 24.3 Å². The first-order chi connectivity index (χ1) is 8.72. The van der Waals surface area contributed by atoms with Gasteiger partial charge in [0.2, 0.25) is 0 Å². The van der Waals surface area contributed by atoms with Crippen LogP contribution < -0.4 is 10.2 Å². The zero-order valence-electron chi connectivity index (χ0n) is 10.8. The van der Waals surface area contributed by atoms with Gasteiger partial charge in [-0.25, -0.2) is 4.39 Å². The van der Waals surface area contributed by atoms with Gasteiger partial charge in [0.15, 0.2) is 0 Å². The minimum Gasteiger partial charge on any atom is -0.396 e. The highest BCUT2D eigenvalue weighted by atomic mass is 19.1. The van der Waals surface area contributed by atoms with Gasteiger partial charge >= 0.3 is 0 Å². The third-order valence-corrected chi connectivity index (χ3v) is 3.57. The number of nitrogens with one attached hydrogen (secondary N) is 1. The predicted molar refractivity (Wildman–Crippen MR) is 71.3 cm³/mol. The van der Waals surface area contributed by atoms with E-state index in [-0.39, 0.29) is 18.5 Å². The lowest BCUT2D eigenvalue weighted by Crippen LogP contribution is -2.41. The molecule has 0 radical (unpaired) electrons. The van der Waals surface area contributed by atoms with Crippen molar-refractivity contribution in [2.24, 2.45) is 0 Å². The standard InChI is InChI=1S/C14H21FN2O/c1-11-6-8-17(12(7-9-18)10-16-11)14-5-3-2-4-13(14)15/h2-5,11-12,16,18H,6-10H2,1H3. The fourth-order valence-corrected chi connectivity index (χ4v) is 2.47. The largest absolute Gasteiger partial charge is 0.396 e. The minimum atomic E-state index is -0.185. The zero-order chi connectivity index (χ0) is 13.0. The molecule has 0 aromatic heterocycles. The summed E-state index contributed by atoms with van der Waals surface area (Å²) in [6, 6.07) is 7.46. The molecule has 0 aliphatic carbocycles. The summed E-state index contributed by atoms with van der Waals surface area (Å²) in [4.78, 5) is 2.09. The summed E-state index contributed by atoms with van der Waals surface area (Å²) < 4.78 is 13.9. The van der Waals surface area contributed by atoms with Crippen LogP contribution in [0.4, 0.5) is 10.1 Å². The summed E-state index contributed by atoms with van der Waals surface area (Å²) in [6.45, 7) is 3.88. The second kappa shape index (κ2) is 6.16. The lowest BCUT2D eigenvalue weighted by molar-refractivity contribution is 0.272. The fraction of sp³-hybridized carbons (Fsp3) is 0.571. The molecule has 1 aromatic carbocycles. The van der Waals surface area contributed by atoms with Crippen molar-refractivity contribution >= 4 is 5.69 Å². The van der Waals surface area contributed by atoms with E-state index in [0.29, 0.717) is 18.2 Å². The van der Waals surface area contributed by atoms with E-state index < -0.39 is 0 Å². The number of benzene rings is 1. The van der Waals surface area contributed by atoms with Gasteiger partial charge in [-0.15, -0.1) is 0 Å². The Morgan fingerprint density at radius 1 is 1.44 bits per heavy atom. The van der Waals surface area contributed by atoms with Gasteiger partial charge in [-0.05, 0) is 31.9 Å². The van der Waals surface area contributed by atoms with Crippen LogP contribution in [0, 0.1) is 5.82 Å². The summed E-state index contributed by atoms with van der Waals surface area (Å²) in [5.41, 5.74) is 0.645. The first-order valence-corrected chi connectivity index (χ1v) is 6.57. The molecule has 4 heteroatoms. The Kier molecular flexibility index (Phi) is 4.55. The van der Waals surface area contributed by atoms with Crippen molar-refractivity contribution in [2.75, 3.05) is 24.6 Å². The Bertz CT molecular complexity index is 386. The monoisotopic (exact) mass is 252 g/mol. The molecule has 0 bridgehead atoms. The molecule has 0 amide bonds. The number of nitrogens with zero attached hydrogens (tertiary/aromatic N) is 1. The van der Waals surface area contributed by atoms with E-state index in [9.17, 15) is 4.39 Å². The summed E-state index contributed by atoms with van der Waals surface area (Å²) >= 11 is 0. The predicted octanol–water partition coefficient (Wildman–Crippen LogP) is 1.76. The lowest BCUT2D eigenvalue weighted by atomic mass is 10.1. The summed E-state index contributed by atoms with van der Waals surface area (Å²) in [5.74, 6) is -0.185. The van der Waals surface area contributed by atoms with Gasteiger partial charge in [-0.1, -0.05) is 12.1 Å². The summed E-state index contributed by atoms with van der Waals surface area (Å²) in [7, 11) is 0. The van der Waals surface area contributed by atoms with Crippen molar-refractivity contribution in [3.8, 4) is 0 Å². The third-order valence-electron chi connectivity index (χ3n) is 3.57. The smallest absolute Gasteiger partial charge is 0.146 e. The van der Waals surface area contributed by atoms with E-state index >= 15 is 0 Å². The number of rotatable bonds is 3. The van der Waals surface area contributed by atoms with Gasteiger partial charge in [-0.3, -0.25) is 0 Å². The summed E-state index contributed by atoms with van der Waals surface area (Å²) in [6.07, 6.45) is 1.64. The molecule has 1 aliphatic heterocycles. The van der Waals surface area contributed by atoms with Crippen LogP contribution in [-0.2, 0) is 0 Å². The highest BCUT2D eigenvalue weighted by molar-refractivity contribution is 5.49. The van der Waals surface area contributed by atoms with Crippen molar-refractivity contribution in [2.45, 2.75) is 31.8 Å². The molecule has 1 aliphatic rings. The average Bonchev–Trinajstić information content (AvgIpc) is 2.54. The number of halogens is 1. The second-order valence-corrected chi connectivity index (χ2v) is 4.91. The average molecular weight is 252 g/mol. The first kappa shape index (κ1) is 13.3. The number of para-hydroxylation sites is 1. The molecular weight excluding hydrogens is 231 g/mol. The first-order valence-electron chi connectivity index (χ1n) is 6.57. The molecule has 1 heterocycles. The zero-order valence-corrected chi connectivity index (χ0v) is 10.8. The molecule has 2 unspecified atom stereocenters. The maximum Gasteiger partial charge on any atom is 0.146 e. The van der Waals surface area contributed by atoms with Gasteiger partial charge in [-0.2, -0.15) is 0 Å². The maximum atomic E-state index is 13.9. The Morgan fingerprint density at radius 3 is 2.94 bits per heavy atom. The van der Waals surface area contributed by atoms with Gasteiger partial charge in [0, 0.05) is 31.8 Å². The van der Waals surface area contributed by atoms with E-state index in [1.54, 1.807) is 6.07 Å². The minimum absolute atomic E-state index is 0.131. The molecule has 0 spiro atoms. The van der Waals surface area contributed by atoms with Crippen LogP contribution in [0.3, 0.4) is 0 Å². The van der Waals surface area contributed by atoms with E-state index in [1.807, 2.05) is 12.1 Å². The van der Waals surface area contributed by atoms with Crippen molar-refractivity contribution in [1.82, 2.24) is 5.32 Å². The molecule has 0 saturated carbocycles. The van der Waals surface area contributed by atoms with Gasteiger partial charge in [0.25, 0.3) is 0 Å².